The summed E-state index contributed by atoms with van der Waals surface area (Å²) in [5.74, 6) is -0.508. The molecular weight excluding hydrogens is 392 g/mol. The second kappa shape index (κ2) is 9.31. The van der Waals surface area contributed by atoms with Crippen molar-refractivity contribution in [1.29, 1.82) is 0 Å². The maximum atomic E-state index is 13.0. The Hall–Kier alpha value is -3.19. The monoisotopic (exact) mass is 420 g/mol. The molecule has 0 bridgehead atoms. The van der Waals surface area contributed by atoms with Gasteiger partial charge in [-0.15, -0.1) is 0 Å². The summed E-state index contributed by atoms with van der Waals surface area (Å²) in [6.45, 7) is 0.843. The van der Waals surface area contributed by atoms with Gasteiger partial charge in [0.2, 0.25) is 11.8 Å². The van der Waals surface area contributed by atoms with Crippen molar-refractivity contribution in [3.05, 3.63) is 59.2 Å². The van der Waals surface area contributed by atoms with Crippen LogP contribution < -0.4 is 21.3 Å². The van der Waals surface area contributed by atoms with Crippen LogP contribution in [-0.2, 0) is 22.7 Å². The van der Waals surface area contributed by atoms with Crippen LogP contribution in [0.4, 0.5) is 11.4 Å². The number of anilines is 2. The normalized spacial score (nSPS) is 16.4. The van der Waals surface area contributed by atoms with E-state index in [1.165, 1.54) is 0 Å². The topological polar surface area (TPSA) is 105 Å². The Morgan fingerprint density at radius 3 is 2.61 bits per heavy atom. The van der Waals surface area contributed by atoms with Crippen molar-refractivity contribution in [2.45, 2.75) is 45.2 Å². The summed E-state index contributed by atoms with van der Waals surface area (Å²) in [6.07, 6.45) is 5.01. The lowest BCUT2D eigenvalue weighted by Gasteiger charge is -2.33. The van der Waals surface area contributed by atoms with Gasteiger partial charge in [-0.1, -0.05) is 43.5 Å². The molecule has 1 fully saturated rings. The zero-order valence-electron chi connectivity index (χ0n) is 17.5. The molecule has 1 heterocycles. The molecule has 2 aliphatic rings. The Morgan fingerprint density at radius 1 is 1.06 bits per heavy atom. The van der Waals surface area contributed by atoms with Crippen molar-refractivity contribution in [2.24, 2.45) is 11.7 Å². The summed E-state index contributed by atoms with van der Waals surface area (Å²) in [5.41, 5.74) is 9.23. The van der Waals surface area contributed by atoms with Crippen LogP contribution >= 0.6 is 0 Å². The van der Waals surface area contributed by atoms with Crippen LogP contribution in [0.25, 0.3) is 0 Å². The van der Waals surface area contributed by atoms with Gasteiger partial charge in [0.25, 0.3) is 5.91 Å². The van der Waals surface area contributed by atoms with Gasteiger partial charge in [-0.3, -0.25) is 14.4 Å². The highest BCUT2D eigenvalue weighted by atomic mass is 16.2. The highest BCUT2D eigenvalue weighted by molar-refractivity contribution is 6.11. The number of benzene rings is 2. The van der Waals surface area contributed by atoms with E-state index in [0.29, 0.717) is 30.0 Å². The first kappa shape index (κ1) is 21.1. The smallest absolute Gasteiger partial charge is 0.251 e. The number of rotatable bonds is 5. The SMILES string of the molecule is NCc1cccc(CNC(=O)c2ccc3c(c2)NC(=O)CN3C(=O)C2CCCCC2)c1. The molecule has 162 valence electrons. The van der Waals surface area contributed by atoms with Crippen LogP contribution in [0.2, 0.25) is 0 Å². The van der Waals surface area contributed by atoms with E-state index >= 15 is 0 Å². The number of nitrogens with two attached hydrogens (primary N) is 1. The van der Waals surface area contributed by atoms with E-state index in [1.807, 2.05) is 24.3 Å². The lowest BCUT2D eigenvalue weighted by molar-refractivity contribution is -0.125. The van der Waals surface area contributed by atoms with Gasteiger partial charge in [0.05, 0.1) is 11.4 Å². The molecular formula is C24H28N4O3. The lowest BCUT2D eigenvalue weighted by atomic mass is 9.88. The first-order chi connectivity index (χ1) is 15.0. The van der Waals surface area contributed by atoms with Gasteiger partial charge >= 0.3 is 0 Å². The minimum absolute atomic E-state index is 0.00721. The largest absolute Gasteiger partial charge is 0.348 e. The van der Waals surface area contributed by atoms with Crippen molar-refractivity contribution in [3.8, 4) is 0 Å². The minimum Gasteiger partial charge on any atom is -0.348 e. The summed E-state index contributed by atoms with van der Waals surface area (Å²) in [5, 5.41) is 5.70. The number of carbonyl (C=O) groups is 3. The van der Waals surface area contributed by atoms with Gasteiger partial charge in [0, 0.05) is 24.6 Å². The molecule has 0 radical (unpaired) electrons. The third kappa shape index (κ3) is 4.77. The molecule has 2 aromatic rings. The van der Waals surface area contributed by atoms with Crippen LogP contribution in [0.15, 0.2) is 42.5 Å². The zero-order chi connectivity index (χ0) is 21.8. The molecule has 7 nitrogen and oxygen atoms in total. The summed E-state index contributed by atoms with van der Waals surface area (Å²) in [4.78, 5) is 39.6. The fourth-order valence-corrected chi connectivity index (χ4v) is 4.35. The van der Waals surface area contributed by atoms with E-state index < -0.39 is 0 Å². The van der Waals surface area contributed by atoms with Crippen LogP contribution in [0, 0.1) is 5.92 Å². The molecule has 0 spiro atoms. The fourth-order valence-electron chi connectivity index (χ4n) is 4.35. The Balaban J connectivity index is 1.48. The summed E-state index contributed by atoms with van der Waals surface area (Å²) in [7, 11) is 0. The predicted molar refractivity (Wildman–Crippen MR) is 120 cm³/mol. The van der Waals surface area contributed by atoms with Gasteiger partial charge in [0.1, 0.15) is 6.54 Å². The van der Waals surface area contributed by atoms with Gasteiger partial charge in [-0.25, -0.2) is 0 Å². The average molecular weight is 421 g/mol. The first-order valence-electron chi connectivity index (χ1n) is 10.9. The molecule has 7 heteroatoms. The van der Waals surface area contributed by atoms with Gasteiger partial charge in [-0.05, 0) is 42.2 Å². The maximum Gasteiger partial charge on any atom is 0.251 e. The third-order valence-corrected chi connectivity index (χ3v) is 6.03. The molecule has 2 aromatic carbocycles. The van der Waals surface area contributed by atoms with Gasteiger partial charge < -0.3 is 21.3 Å². The molecule has 3 amide bonds. The summed E-state index contributed by atoms with van der Waals surface area (Å²) < 4.78 is 0. The average Bonchev–Trinajstić information content (AvgIpc) is 2.81. The number of nitrogens with zero attached hydrogens (tertiary/aromatic N) is 1. The molecule has 1 aliphatic heterocycles. The standard InChI is InChI=1S/C24H28N4O3/c25-13-16-5-4-6-17(11-16)14-26-23(30)19-9-10-21-20(12-19)27-22(29)15-28(21)24(31)18-7-2-1-3-8-18/h4-6,9-12,18H,1-3,7-8,13-15,25H2,(H,26,30)(H,27,29). The number of nitrogens with one attached hydrogen (secondary N) is 2. The minimum atomic E-state index is -0.245. The van der Waals surface area contributed by atoms with E-state index in [1.54, 1.807) is 23.1 Å². The third-order valence-electron chi connectivity index (χ3n) is 6.03. The van der Waals surface area contributed by atoms with E-state index in [-0.39, 0.29) is 30.2 Å². The summed E-state index contributed by atoms with van der Waals surface area (Å²) in [6, 6.07) is 12.8. The molecule has 4 N–H and O–H groups in total. The number of hydrogen-bond acceptors (Lipinski definition) is 4. The molecule has 0 atom stereocenters. The van der Waals surface area contributed by atoms with Crippen molar-refractivity contribution in [2.75, 3.05) is 16.8 Å². The Labute approximate surface area is 182 Å². The highest BCUT2D eigenvalue weighted by Gasteiger charge is 2.32. The fraction of sp³-hybridized carbons (Fsp3) is 0.375. The van der Waals surface area contributed by atoms with Gasteiger partial charge in [0.15, 0.2) is 0 Å². The highest BCUT2D eigenvalue weighted by Crippen LogP contribution is 2.34. The van der Waals surface area contributed by atoms with E-state index in [0.717, 1.165) is 43.2 Å². The molecule has 1 aliphatic carbocycles. The van der Waals surface area contributed by atoms with Crippen molar-refractivity contribution >= 4 is 29.1 Å². The van der Waals surface area contributed by atoms with Crippen LogP contribution in [0.3, 0.4) is 0 Å². The number of fused-ring (bicyclic) bond motifs is 1. The predicted octanol–water partition coefficient (Wildman–Crippen LogP) is 2.94. The molecule has 0 aromatic heterocycles. The number of amides is 3. The Morgan fingerprint density at radius 2 is 1.84 bits per heavy atom. The lowest BCUT2D eigenvalue weighted by Crippen LogP contribution is -2.45. The summed E-state index contributed by atoms with van der Waals surface area (Å²) >= 11 is 0. The number of carbonyl (C=O) groups excluding carboxylic acids is 3. The first-order valence-corrected chi connectivity index (χ1v) is 10.9. The zero-order valence-corrected chi connectivity index (χ0v) is 17.5. The molecule has 0 unspecified atom stereocenters. The quantitative estimate of drug-likeness (QED) is 0.692. The second-order valence-electron chi connectivity index (χ2n) is 8.25. The van der Waals surface area contributed by atoms with E-state index in [2.05, 4.69) is 10.6 Å². The van der Waals surface area contributed by atoms with Gasteiger partial charge in [-0.2, -0.15) is 0 Å². The molecule has 1 saturated carbocycles. The number of hydrogen-bond donors (Lipinski definition) is 3. The van der Waals surface area contributed by atoms with Crippen molar-refractivity contribution in [1.82, 2.24) is 5.32 Å². The Bertz CT molecular complexity index is 998. The molecule has 0 saturated heterocycles. The van der Waals surface area contributed by atoms with E-state index in [9.17, 15) is 14.4 Å². The molecule has 31 heavy (non-hydrogen) atoms. The second-order valence-corrected chi connectivity index (χ2v) is 8.25. The van der Waals surface area contributed by atoms with E-state index in [4.69, 9.17) is 5.73 Å². The van der Waals surface area contributed by atoms with Crippen LogP contribution in [-0.4, -0.2) is 24.3 Å². The van der Waals surface area contributed by atoms with Crippen LogP contribution in [0.1, 0.15) is 53.6 Å². The Kier molecular flexibility index (Phi) is 6.32. The van der Waals surface area contributed by atoms with Crippen LogP contribution in [0.5, 0.6) is 0 Å². The van der Waals surface area contributed by atoms with Crippen molar-refractivity contribution < 1.29 is 14.4 Å². The van der Waals surface area contributed by atoms with Crippen molar-refractivity contribution in [3.63, 3.8) is 0 Å². The molecule has 4 rings (SSSR count). The maximum absolute atomic E-state index is 13.0.